The third-order valence-electron chi connectivity index (χ3n) is 3.42. The molecule has 5 nitrogen and oxygen atoms in total. The second kappa shape index (κ2) is 6.26. The number of aromatic amines is 1. The van der Waals surface area contributed by atoms with E-state index in [0.717, 1.165) is 26.1 Å². The zero-order valence-corrected chi connectivity index (χ0v) is 12.5. The van der Waals surface area contributed by atoms with Crippen molar-refractivity contribution in [3.05, 3.63) is 18.0 Å². The fourth-order valence-electron chi connectivity index (χ4n) is 2.22. The van der Waals surface area contributed by atoms with Crippen LogP contribution >= 0.6 is 11.6 Å². The van der Waals surface area contributed by atoms with E-state index in [9.17, 15) is 8.42 Å². The lowest BCUT2D eigenvalue weighted by molar-refractivity contribution is 0.0620. The van der Waals surface area contributed by atoms with Gasteiger partial charge >= 0.3 is 0 Å². The number of alkyl halides is 1. The second-order valence-corrected chi connectivity index (χ2v) is 7.15. The molecule has 1 N–H and O–H groups in total. The highest BCUT2D eigenvalue weighted by molar-refractivity contribution is 7.89. The van der Waals surface area contributed by atoms with E-state index in [-0.39, 0.29) is 10.8 Å². The summed E-state index contributed by atoms with van der Waals surface area (Å²) in [7, 11) is -1.80. The Kier molecular flexibility index (Phi) is 4.89. The van der Waals surface area contributed by atoms with Crippen LogP contribution in [0.2, 0.25) is 0 Å². The molecule has 1 saturated heterocycles. The van der Waals surface area contributed by atoms with E-state index in [1.165, 1.54) is 10.5 Å². The smallest absolute Gasteiger partial charge is 0.244 e. The van der Waals surface area contributed by atoms with Gasteiger partial charge in [0.05, 0.1) is 10.8 Å². The number of nitrogens with zero attached hydrogens (tertiary/aromatic N) is 1. The number of halogens is 1. The van der Waals surface area contributed by atoms with Crippen molar-refractivity contribution in [1.82, 2.24) is 9.29 Å². The Labute approximate surface area is 118 Å². The van der Waals surface area contributed by atoms with Crippen LogP contribution in [0.25, 0.3) is 0 Å². The lowest BCUT2D eigenvalue weighted by atomic mass is 10.0. The molecule has 1 aromatic rings. The van der Waals surface area contributed by atoms with Crippen LogP contribution in [0.4, 0.5) is 0 Å². The van der Waals surface area contributed by atoms with Gasteiger partial charge in [0.1, 0.15) is 0 Å². The molecule has 0 saturated carbocycles. The van der Waals surface area contributed by atoms with Crippen LogP contribution in [-0.4, -0.2) is 44.5 Å². The number of ether oxygens (including phenoxy) is 1. The van der Waals surface area contributed by atoms with Gasteiger partial charge in [-0.3, -0.25) is 0 Å². The summed E-state index contributed by atoms with van der Waals surface area (Å²) in [6, 6.07) is 1.59. The maximum Gasteiger partial charge on any atom is 0.244 e. The fraction of sp³-hybridized carbons (Fsp3) is 0.667. The van der Waals surface area contributed by atoms with Crippen molar-refractivity contribution < 1.29 is 13.2 Å². The molecule has 0 atom stereocenters. The molecule has 0 bridgehead atoms. The molecule has 0 radical (unpaired) electrons. The fourth-order valence-corrected chi connectivity index (χ4v) is 3.64. The van der Waals surface area contributed by atoms with Crippen molar-refractivity contribution in [2.24, 2.45) is 5.92 Å². The maximum absolute atomic E-state index is 12.4. The lowest BCUT2D eigenvalue weighted by Crippen LogP contribution is -2.34. The molecule has 0 spiro atoms. The van der Waals surface area contributed by atoms with Crippen LogP contribution in [0.1, 0.15) is 18.5 Å². The summed E-state index contributed by atoms with van der Waals surface area (Å²) in [5.41, 5.74) is 0.708. The van der Waals surface area contributed by atoms with E-state index in [1.54, 1.807) is 13.1 Å². The van der Waals surface area contributed by atoms with Crippen molar-refractivity contribution in [1.29, 1.82) is 0 Å². The molecule has 1 aliphatic heterocycles. The molecule has 0 unspecified atom stereocenters. The quantitative estimate of drug-likeness (QED) is 0.844. The van der Waals surface area contributed by atoms with Gasteiger partial charge in [-0.25, -0.2) is 12.7 Å². The Morgan fingerprint density at radius 2 is 2.16 bits per heavy atom. The second-order valence-electron chi connectivity index (χ2n) is 4.84. The van der Waals surface area contributed by atoms with Crippen LogP contribution < -0.4 is 0 Å². The first-order chi connectivity index (χ1) is 9.04. The van der Waals surface area contributed by atoms with Gasteiger partial charge in [0.15, 0.2) is 0 Å². The predicted molar refractivity (Wildman–Crippen MR) is 73.7 cm³/mol. The van der Waals surface area contributed by atoms with E-state index >= 15 is 0 Å². The molecule has 0 aliphatic carbocycles. The first-order valence-electron chi connectivity index (χ1n) is 6.31. The van der Waals surface area contributed by atoms with Crippen molar-refractivity contribution in [3.63, 3.8) is 0 Å². The van der Waals surface area contributed by atoms with Crippen molar-refractivity contribution in [2.45, 2.75) is 23.6 Å². The average molecular weight is 307 g/mol. The minimum atomic E-state index is -3.42. The third-order valence-corrected chi connectivity index (χ3v) is 5.51. The number of hydrogen-bond acceptors (Lipinski definition) is 3. The number of rotatable bonds is 5. The number of H-pyrrole nitrogens is 1. The van der Waals surface area contributed by atoms with Crippen molar-refractivity contribution in [2.75, 3.05) is 26.8 Å². The molecule has 1 fully saturated rings. The highest BCUT2D eigenvalue weighted by Gasteiger charge is 2.25. The largest absolute Gasteiger partial charge is 0.381 e. The zero-order chi connectivity index (χ0) is 13.9. The first-order valence-corrected chi connectivity index (χ1v) is 8.29. The molecule has 7 heteroatoms. The molecule has 0 amide bonds. The van der Waals surface area contributed by atoms with E-state index in [2.05, 4.69) is 4.98 Å². The van der Waals surface area contributed by atoms with Gasteiger partial charge in [0, 0.05) is 38.7 Å². The van der Waals surface area contributed by atoms with Crippen LogP contribution in [0.3, 0.4) is 0 Å². The summed E-state index contributed by atoms with van der Waals surface area (Å²) in [4.78, 5) is 3.14. The van der Waals surface area contributed by atoms with Crippen LogP contribution in [0.15, 0.2) is 17.2 Å². The van der Waals surface area contributed by atoms with Gasteiger partial charge < -0.3 is 9.72 Å². The zero-order valence-electron chi connectivity index (χ0n) is 10.9. The Bertz CT molecular complexity index is 509. The summed E-state index contributed by atoms with van der Waals surface area (Å²) >= 11 is 5.67. The summed E-state index contributed by atoms with van der Waals surface area (Å²) in [6.45, 7) is 1.98. The minimum absolute atomic E-state index is 0.276. The van der Waals surface area contributed by atoms with Crippen molar-refractivity contribution >= 4 is 21.6 Å². The summed E-state index contributed by atoms with van der Waals surface area (Å²) in [5.74, 6) is 0.652. The van der Waals surface area contributed by atoms with E-state index < -0.39 is 10.0 Å². The van der Waals surface area contributed by atoms with Gasteiger partial charge in [-0.05, 0) is 24.8 Å². The molecular weight excluding hydrogens is 288 g/mol. The highest BCUT2D eigenvalue weighted by Crippen LogP contribution is 2.21. The highest BCUT2D eigenvalue weighted by atomic mass is 35.5. The molecule has 108 valence electrons. The van der Waals surface area contributed by atoms with E-state index in [4.69, 9.17) is 16.3 Å². The first kappa shape index (κ1) is 14.8. The van der Waals surface area contributed by atoms with Crippen LogP contribution in [-0.2, 0) is 20.6 Å². The predicted octanol–water partition coefficient (Wildman–Crippen LogP) is 1.80. The number of aromatic nitrogens is 1. The monoisotopic (exact) mass is 306 g/mol. The Morgan fingerprint density at radius 1 is 1.47 bits per heavy atom. The summed E-state index contributed by atoms with van der Waals surface area (Å²) in [5, 5.41) is 0. The number of sulfonamides is 1. The average Bonchev–Trinajstić information content (AvgIpc) is 2.89. The van der Waals surface area contributed by atoms with E-state index in [1.807, 2.05) is 0 Å². The standard InChI is InChI=1S/C12H19ClN2O3S/c1-15(9-10-2-4-18-5-3-10)19(16,17)12-6-11(7-13)14-8-12/h6,8,10,14H,2-5,7,9H2,1H3. The molecule has 0 aromatic carbocycles. The van der Waals surface area contributed by atoms with E-state index in [0.29, 0.717) is 18.2 Å². The molecular formula is C12H19ClN2O3S. The van der Waals surface area contributed by atoms with Gasteiger partial charge in [-0.2, -0.15) is 0 Å². The number of nitrogens with one attached hydrogen (secondary N) is 1. The van der Waals surface area contributed by atoms with Gasteiger partial charge in [-0.1, -0.05) is 0 Å². The Balaban J connectivity index is 2.05. The van der Waals surface area contributed by atoms with Gasteiger partial charge in [0.2, 0.25) is 10.0 Å². The minimum Gasteiger partial charge on any atom is -0.381 e. The molecule has 2 rings (SSSR count). The lowest BCUT2D eigenvalue weighted by Gasteiger charge is -2.26. The topological polar surface area (TPSA) is 62.4 Å². The molecule has 1 aliphatic rings. The third kappa shape index (κ3) is 3.51. The summed E-state index contributed by atoms with van der Waals surface area (Å²) < 4.78 is 31.4. The van der Waals surface area contributed by atoms with Crippen LogP contribution in [0.5, 0.6) is 0 Å². The Hall–Kier alpha value is -0.560. The van der Waals surface area contributed by atoms with Gasteiger partial charge in [0.25, 0.3) is 0 Å². The molecule has 2 heterocycles. The Morgan fingerprint density at radius 3 is 2.74 bits per heavy atom. The SMILES string of the molecule is CN(CC1CCOCC1)S(=O)(=O)c1c[nH]c(CCl)c1. The summed E-state index contributed by atoms with van der Waals surface area (Å²) in [6.07, 6.45) is 3.33. The number of hydrogen-bond donors (Lipinski definition) is 1. The molecule has 1 aromatic heterocycles. The normalized spacial score (nSPS) is 18.1. The maximum atomic E-state index is 12.4. The van der Waals surface area contributed by atoms with Gasteiger partial charge in [-0.15, -0.1) is 11.6 Å². The van der Waals surface area contributed by atoms with Crippen molar-refractivity contribution in [3.8, 4) is 0 Å². The van der Waals surface area contributed by atoms with Crippen LogP contribution in [0, 0.1) is 5.92 Å². The molecule has 19 heavy (non-hydrogen) atoms.